The largest absolute Gasteiger partial charge is 0.442 e. The van der Waals surface area contributed by atoms with E-state index in [9.17, 15) is 4.79 Å². The molecule has 4 rings (SSSR count). The predicted octanol–water partition coefficient (Wildman–Crippen LogP) is 5.62. The highest BCUT2D eigenvalue weighted by Crippen LogP contribution is 2.64. The molecule has 2 nitrogen and oxygen atoms in total. The van der Waals surface area contributed by atoms with Crippen molar-refractivity contribution >= 4 is 17.6 Å². The number of halogens is 1. The first-order valence-electron chi connectivity index (χ1n) is 10.3. The van der Waals surface area contributed by atoms with Gasteiger partial charge in [-0.15, -0.1) is 0 Å². The maximum absolute atomic E-state index is 11.9. The quantitative estimate of drug-likeness (QED) is 0.357. The first-order chi connectivity index (χ1) is 12.6. The molecular formula is C23H29ClO2. The summed E-state index contributed by atoms with van der Waals surface area (Å²) in [6, 6.07) is 0. The number of hydrogen-bond acceptors (Lipinski definition) is 2. The molecule has 0 saturated heterocycles. The minimum Gasteiger partial charge on any atom is -0.442 e. The van der Waals surface area contributed by atoms with Gasteiger partial charge in [-0.05, 0) is 98.6 Å². The van der Waals surface area contributed by atoms with Gasteiger partial charge >= 0.3 is 5.97 Å². The van der Waals surface area contributed by atoms with E-state index in [1.165, 1.54) is 45.4 Å². The number of ether oxygens (including phenoxy) is 1. The molecule has 0 amide bonds. The molecule has 0 aromatic rings. The lowest BCUT2D eigenvalue weighted by Gasteiger charge is -2.56. The Bertz CT molecular complexity index is 711. The van der Waals surface area contributed by atoms with Crippen LogP contribution in [0.3, 0.4) is 0 Å². The number of hydrogen-bond donors (Lipinski definition) is 0. The zero-order valence-corrected chi connectivity index (χ0v) is 16.6. The summed E-state index contributed by atoms with van der Waals surface area (Å²) in [7, 11) is 0. The van der Waals surface area contributed by atoms with Crippen LogP contribution < -0.4 is 0 Å². The number of allylic oxidation sites excluding steroid dienone is 3. The van der Waals surface area contributed by atoms with E-state index in [1.807, 2.05) is 0 Å². The molecule has 0 radical (unpaired) electrons. The van der Waals surface area contributed by atoms with Crippen LogP contribution in [0.5, 0.6) is 0 Å². The van der Waals surface area contributed by atoms with Crippen molar-refractivity contribution in [3.05, 3.63) is 23.8 Å². The SMILES string of the molecule is CC[C@]12CC[C@H]3[C@@H](CCC4=CCCC[C@@H]43)[C@@H]1C=C[C@]2(C#CCl)OC(C)=O. The van der Waals surface area contributed by atoms with Gasteiger partial charge in [-0.25, -0.2) is 0 Å². The molecule has 0 bridgehead atoms. The fourth-order valence-corrected chi connectivity index (χ4v) is 7.05. The number of rotatable bonds is 2. The number of esters is 1. The zero-order chi connectivity index (χ0) is 18.4. The maximum atomic E-state index is 11.9. The van der Waals surface area contributed by atoms with Gasteiger partial charge in [0.25, 0.3) is 0 Å². The highest BCUT2D eigenvalue weighted by Gasteiger charge is 2.63. The van der Waals surface area contributed by atoms with Gasteiger partial charge in [0.05, 0.1) is 0 Å². The smallest absolute Gasteiger partial charge is 0.304 e. The molecule has 6 atom stereocenters. The number of fused-ring (bicyclic) bond motifs is 5. The molecule has 2 saturated carbocycles. The number of carbonyl (C=O) groups is 1. The summed E-state index contributed by atoms with van der Waals surface area (Å²) >= 11 is 5.84. The molecule has 0 heterocycles. The highest BCUT2D eigenvalue weighted by atomic mass is 35.5. The van der Waals surface area contributed by atoms with Gasteiger partial charge in [0.1, 0.15) is 0 Å². The van der Waals surface area contributed by atoms with Crippen LogP contribution in [0, 0.1) is 40.4 Å². The minimum atomic E-state index is -0.854. The minimum absolute atomic E-state index is 0.127. The lowest BCUT2D eigenvalue weighted by Crippen LogP contribution is -2.55. The molecule has 0 aromatic carbocycles. The average molecular weight is 373 g/mol. The molecule has 26 heavy (non-hydrogen) atoms. The topological polar surface area (TPSA) is 26.3 Å². The van der Waals surface area contributed by atoms with Crippen molar-refractivity contribution in [3.63, 3.8) is 0 Å². The molecule has 140 valence electrons. The van der Waals surface area contributed by atoms with Crippen LogP contribution in [0.15, 0.2) is 23.8 Å². The lowest BCUT2D eigenvalue weighted by molar-refractivity contribution is -0.166. The second-order valence-electron chi connectivity index (χ2n) is 8.66. The second-order valence-corrected chi connectivity index (χ2v) is 8.85. The number of carbonyl (C=O) groups excluding carboxylic acids is 1. The molecule has 4 aliphatic rings. The van der Waals surface area contributed by atoms with Gasteiger partial charge in [-0.3, -0.25) is 4.79 Å². The fourth-order valence-electron chi connectivity index (χ4n) is 6.91. The van der Waals surface area contributed by atoms with Gasteiger partial charge in [-0.2, -0.15) is 0 Å². The second kappa shape index (κ2) is 6.75. The van der Waals surface area contributed by atoms with E-state index in [2.05, 4.69) is 36.5 Å². The van der Waals surface area contributed by atoms with Gasteiger partial charge < -0.3 is 4.74 Å². The van der Waals surface area contributed by atoms with Crippen LogP contribution in [-0.4, -0.2) is 11.6 Å². The summed E-state index contributed by atoms with van der Waals surface area (Å²) in [5.41, 5.74) is 0.751. The molecule has 0 aliphatic heterocycles. The average Bonchev–Trinajstić information content (AvgIpc) is 2.95. The molecular weight excluding hydrogens is 344 g/mol. The van der Waals surface area contributed by atoms with Crippen LogP contribution in [-0.2, 0) is 9.53 Å². The predicted molar refractivity (Wildman–Crippen MR) is 104 cm³/mol. The lowest BCUT2D eigenvalue weighted by atomic mass is 9.49. The maximum Gasteiger partial charge on any atom is 0.304 e. The highest BCUT2D eigenvalue weighted by molar-refractivity contribution is 6.30. The van der Waals surface area contributed by atoms with E-state index < -0.39 is 5.60 Å². The summed E-state index contributed by atoms with van der Waals surface area (Å²) in [5.74, 6) is 5.51. The van der Waals surface area contributed by atoms with Crippen molar-refractivity contribution in [3.8, 4) is 11.3 Å². The molecule has 0 aromatic heterocycles. The molecule has 4 aliphatic carbocycles. The van der Waals surface area contributed by atoms with Gasteiger partial charge in [-0.1, -0.05) is 24.6 Å². The van der Waals surface area contributed by atoms with Crippen molar-refractivity contribution in [1.29, 1.82) is 0 Å². The van der Waals surface area contributed by atoms with Crippen LogP contribution in [0.25, 0.3) is 0 Å². The molecule has 3 heteroatoms. The van der Waals surface area contributed by atoms with E-state index in [1.54, 1.807) is 5.57 Å². The van der Waals surface area contributed by atoms with Crippen LogP contribution in [0.1, 0.15) is 65.2 Å². The van der Waals surface area contributed by atoms with Gasteiger partial charge in [0.2, 0.25) is 0 Å². The van der Waals surface area contributed by atoms with Crippen LogP contribution >= 0.6 is 11.6 Å². The van der Waals surface area contributed by atoms with Crippen molar-refractivity contribution < 1.29 is 9.53 Å². The van der Waals surface area contributed by atoms with Crippen LogP contribution in [0.2, 0.25) is 0 Å². The van der Waals surface area contributed by atoms with Gasteiger partial charge in [0.15, 0.2) is 5.60 Å². The normalized spacial score (nSPS) is 43.3. The zero-order valence-electron chi connectivity index (χ0n) is 15.9. The Hall–Kier alpha value is -1.20. The van der Waals surface area contributed by atoms with Crippen molar-refractivity contribution in [2.24, 2.45) is 29.1 Å². The van der Waals surface area contributed by atoms with E-state index in [4.69, 9.17) is 16.3 Å². The third kappa shape index (κ3) is 2.50. The Labute approximate surface area is 162 Å². The first-order valence-corrected chi connectivity index (χ1v) is 10.7. The summed E-state index contributed by atoms with van der Waals surface area (Å²) < 4.78 is 5.89. The molecule has 0 N–H and O–H groups in total. The first kappa shape index (κ1) is 18.2. The Morgan fingerprint density at radius 3 is 2.92 bits per heavy atom. The monoisotopic (exact) mass is 372 g/mol. The Balaban J connectivity index is 1.71. The third-order valence-electron chi connectivity index (χ3n) is 7.90. The van der Waals surface area contributed by atoms with Crippen molar-refractivity contribution in [1.82, 2.24) is 0 Å². The fraction of sp³-hybridized carbons (Fsp3) is 0.696. The molecule has 0 unspecified atom stereocenters. The summed E-state index contributed by atoms with van der Waals surface area (Å²) in [6.45, 7) is 3.71. The Morgan fingerprint density at radius 1 is 1.35 bits per heavy atom. The van der Waals surface area contributed by atoms with E-state index in [-0.39, 0.29) is 11.4 Å². The summed E-state index contributed by atoms with van der Waals surface area (Å²) in [5, 5.41) is 2.55. The third-order valence-corrected chi connectivity index (χ3v) is 8.00. The van der Waals surface area contributed by atoms with E-state index >= 15 is 0 Å². The standard InChI is InChI=1S/C23H29ClO2/c1-3-22-12-10-19-18-7-5-4-6-17(18)8-9-20(19)21(22)11-13-23(22,14-15-24)26-16(2)25/h6,11,13,18-21H,3-5,7-10,12H2,1-2H3/t18-,19+,20+,21-,22-,23+/m0/s1. The van der Waals surface area contributed by atoms with E-state index in [0.29, 0.717) is 11.8 Å². The Morgan fingerprint density at radius 2 is 2.19 bits per heavy atom. The van der Waals surface area contributed by atoms with Crippen LogP contribution in [0.4, 0.5) is 0 Å². The Kier molecular flexibility index (Phi) is 4.72. The summed E-state index contributed by atoms with van der Waals surface area (Å²) in [6.07, 6.45) is 16.6. The van der Waals surface area contributed by atoms with Crippen molar-refractivity contribution in [2.45, 2.75) is 70.8 Å². The van der Waals surface area contributed by atoms with Crippen molar-refractivity contribution in [2.75, 3.05) is 0 Å². The molecule has 0 spiro atoms. The summed E-state index contributed by atoms with van der Waals surface area (Å²) in [4.78, 5) is 11.9. The molecule has 2 fully saturated rings. The van der Waals surface area contributed by atoms with Gasteiger partial charge in [0, 0.05) is 17.7 Å². The van der Waals surface area contributed by atoms with E-state index in [0.717, 1.165) is 24.7 Å².